The predicted molar refractivity (Wildman–Crippen MR) is 378 cm³/mol. The lowest BCUT2D eigenvalue weighted by Gasteiger charge is -2.27. The number of nitrogens with one attached hydrogen (secondary N) is 4. The molecular weight excluding hydrogens is 1120 g/mol. The summed E-state index contributed by atoms with van der Waals surface area (Å²) in [7, 11) is 0. The molecule has 430 valence electrons. The molecule has 8 heteroatoms. The summed E-state index contributed by atoms with van der Waals surface area (Å²) in [6.45, 7) is 0. The molecule has 15 aromatic rings. The largest absolute Gasteiger partial charge is 0.354 e. The Hall–Kier alpha value is -12.0. The smallest absolute Gasteiger partial charge is 0.0777 e. The summed E-state index contributed by atoms with van der Waals surface area (Å²) in [6.07, 6.45) is 10.3. The zero-order valence-electron chi connectivity index (χ0n) is 49.8. The van der Waals surface area contributed by atoms with E-state index in [-0.39, 0.29) is 11.8 Å². The minimum Gasteiger partial charge on any atom is -0.354 e. The highest BCUT2D eigenvalue weighted by Crippen LogP contribution is 2.57. The van der Waals surface area contributed by atoms with Crippen molar-refractivity contribution in [3.05, 3.63) is 299 Å². The monoisotopic (exact) mass is 1170 g/mol. The zero-order valence-corrected chi connectivity index (χ0v) is 49.8. The lowest BCUT2D eigenvalue weighted by molar-refractivity contribution is 0.723. The van der Waals surface area contributed by atoms with Crippen LogP contribution in [0.3, 0.4) is 0 Å². The molecule has 4 aliphatic heterocycles. The summed E-state index contributed by atoms with van der Waals surface area (Å²) in [5.41, 5.74) is 33.0. The number of hydrogen-bond donors (Lipinski definition) is 4. The third-order valence-electron chi connectivity index (χ3n) is 19.9. The van der Waals surface area contributed by atoms with E-state index in [9.17, 15) is 0 Å². The van der Waals surface area contributed by atoms with Crippen LogP contribution in [0, 0.1) is 0 Å². The van der Waals surface area contributed by atoms with E-state index in [2.05, 4.69) is 287 Å². The maximum atomic E-state index is 6.36. The number of H-pyrrole nitrogens is 4. The molecule has 0 saturated carbocycles. The molecule has 8 nitrogen and oxygen atoms in total. The molecule has 20 rings (SSSR count). The van der Waals surface area contributed by atoms with Crippen molar-refractivity contribution in [1.29, 1.82) is 0 Å². The fourth-order valence-electron chi connectivity index (χ4n) is 16.0. The summed E-state index contributed by atoms with van der Waals surface area (Å²) in [6, 6.07) is 87.7. The van der Waals surface area contributed by atoms with Crippen molar-refractivity contribution >= 4 is 101 Å². The van der Waals surface area contributed by atoms with E-state index >= 15 is 0 Å². The van der Waals surface area contributed by atoms with Crippen LogP contribution in [-0.2, 0) is 12.8 Å². The minimum absolute atomic E-state index is 0.189. The van der Waals surface area contributed by atoms with Gasteiger partial charge in [-0.1, -0.05) is 206 Å². The van der Waals surface area contributed by atoms with Gasteiger partial charge in [-0.25, -0.2) is 9.97 Å². The van der Waals surface area contributed by atoms with E-state index in [4.69, 9.17) is 19.9 Å². The van der Waals surface area contributed by atoms with Crippen LogP contribution in [0.25, 0.3) is 168 Å². The van der Waals surface area contributed by atoms with Crippen LogP contribution >= 0.6 is 0 Å². The molecule has 0 radical (unpaired) electrons. The van der Waals surface area contributed by atoms with Crippen LogP contribution in [0.5, 0.6) is 0 Å². The van der Waals surface area contributed by atoms with Crippen molar-refractivity contribution in [2.24, 2.45) is 0 Å². The fourth-order valence-corrected chi connectivity index (χ4v) is 16.0. The van der Waals surface area contributed by atoms with E-state index in [0.717, 1.165) is 190 Å². The Morgan fingerprint density at radius 3 is 0.880 bits per heavy atom. The highest BCUT2D eigenvalue weighted by Gasteiger charge is 2.42. The quantitative estimate of drug-likeness (QED) is 0.133. The third kappa shape index (κ3) is 7.58. The molecule has 4 N–H and O–H groups in total. The van der Waals surface area contributed by atoms with Crippen LogP contribution < -0.4 is 0 Å². The number of aromatic amines is 4. The van der Waals surface area contributed by atoms with Gasteiger partial charge in [-0.2, -0.15) is 0 Å². The molecule has 0 fully saturated rings. The molecule has 2 atom stereocenters. The van der Waals surface area contributed by atoms with Gasteiger partial charge in [0.1, 0.15) is 0 Å². The number of hydrogen-bond acceptors (Lipinski definition) is 4. The normalized spacial score (nSPS) is 14.8. The molecule has 10 heterocycles. The number of nitrogens with zero attached hydrogens (tertiary/aromatic N) is 4. The molecule has 0 spiro atoms. The number of fused-ring (bicyclic) bond motifs is 16. The Morgan fingerprint density at radius 1 is 0.272 bits per heavy atom. The van der Waals surface area contributed by atoms with Gasteiger partial charge >= 0.3 is 0 Å². The average Bonchev–Trinajstić information content (AvgIpc) is 1.51. The molecular formula is C84H54N8. The summed E-state index contributed by atoms with van der Waals surface area (Å²) in [5.74, 6) is -0.377. The van der Waals surface area contributed by atoms with Gasteiger partial charge in [-0.3, -0.25) is 9.97 Å². The Labute approximate surface area is 528 Å². The van der Waals surface area contributed by atoms with Gasteiger partial charge in [0.25, 0.3) is 0 Å². The molecule has 1 aliphatic carbocycles. The second-order valence-corrected chi connectivity index (χ2v) is 24.9. The average molecular weight is 1180 g/mol. The van der Waals surface area contributed by atoms with Gasteiger partial charge in [-0.15, -0.1) is 0 Å². The van der Waals surface area contributed by atoms with Gasteiger partial charge < -0.3 is 19.9 Å². The van der Waals surface area contributed by atoms with Crippen LogP contribution in [0.4, 0.5) is 0 Å². The second kappa shape index (κ2) is 19.7. The summed E-state index contributed by atoms with van der Waals surface area (Å²) < 4.78 is 0. The van der Waals surface area contributed by atoms with Crippen LogP contribution in [0.1, 0.15) is 68.3 Å². The van der Waals surface area contributed by atoms with Crippen molar-refractivity contribution < 1.29 is 0 Å². The van der Waals surface area contributed by atoms with Crippen molar-refractivity contribution in [1.82, 2.24) is 39.9 Å². The Morgan fingerprint density at radius 2 is 0.554 bits per heavy atom. The molecule has 9 aromatic carbocycles. The maximum absolute atomic E-state index is 6.36. The van der Waals surface area contributed by atoms with E-state index in [1.807, 2.05) is 0 Å². The van der Waals surface area contributed by atoms with Crippen LogP contribution in [-0.4, -0.2) is 39.9 Å². The van der Waals surface area contributed by atoms with Gasteiger partial charge in [0, 0.05) is 99.9 Å². The van der Waals surface area contributed by atoms with Crippen molar-refractivity contribution in [3.8, 4) is 66.8 Å². The van der Waals surface area contributed by atoms with Crippen molar-refractivity contribution in [2.75, 3.05) is 0 Å². The first kappa shape index (κ1) is 50.9. The highest BCUT2D eigenvalue weighted by molar-refractivity contribution is 6.34. The Kier molecular flexibility index (Phi) is 10.9. The van der Waals surface area contributed by atoms with Crippen LogP contribution in [0.2, 0.25) is 0 Å². The summed E-state index contributed by atoms with van der Waals surface area (Å²) >= 11 is 0. The highest BCUT2D eigenvalue weighted by atomic mass is 14.9. The molecule has 5 aliphatic rings. The molecule has 92 heavy (non-hydrogen) atoms. The van der Waals surface area contributed by atoms with E-state index < -0.39 is 0 Å². The Bertz CT molecular complexity index is 5610. The lowest BCUT2D eigenvalue weighted by atomic mass is 9.74. The lowest BCUT2D eigenvalue weighted by Crippen LogP contribution is -2.16. The van der Waals surface area contributed by atoms with E-state index in [1.54, 1.807) is 0 Å². The SMILES string of the molecule is C1=Cc2nc1c(-c1ccccc1)c1ccc([nH]1)c(-c1ccccc1)c1nc3c4c5c6nc(c(-c7ccccc7)c7ccc([nH]7)c(-c7ccccc7)c7nc(c(-c8ccccc8)c8cc9c%10cc([nH]c%10c3c6c9[nH]8)c2-c2ccccc2)C=C7)[C@H]5Cc2ccccc2C[C@H]14. The first-order valence-corrected chi connectivity index (χ1v) is 31.8. The molecule has 6 aromatic heterocycles. The zero-order chi connectivity index (χ0) is 60.1. The standard InChI is InChI=1S/C84H54N8/c1-7-21-47(22-8-1)69-59-35-37-63(85-59)71(49-25-11-3-12-26-49)67-45-55-56-46-68-72(50-27-13-4-14-28-50)64-38-36-60(86-64)70(48-23-9-2-10-24-48)62-40-42-66(88-62)74(52-31-17-6-18-32-52)82-58-44-54-34-20-19-33-53(54)43-57-75-76(58)84(92-82)78(80(56)90-68)77(79(55)89-67)83(75)91-81(57)73(51-29-15-5-16-30-51)65-41-39-61(69)87-65/h1-42,45-46,57-58,87-90H,43-44H2/t57-,58-/m0/s1. The maximum Gasteiger partial charge on any atom is 0.0777 e. The van der Waals surface area contributed by atoms with E-state index in [0.29, 0.717) is 0 Å². The first-order chi connectivity index (χ1) is 45.6. The van der Waals surface area contributed by atoms with Gasteiger partial charge in [-0.05, 0) is 129 Å². The predicted octanol–water partition coefficient (Wildman–Crippen LogP) is 20.7. The van der Waals surface area contributed by atoms with Gasteiger partial charge in [0.15, 0.2) is 0 Å². The molecule has 0 saturated heterocycles. The topological polar surface area (TPSA) is 115 Å². The Balaban J connectivity index is 1.07. The fraction of sp³-hybridized carbons (Fsp3) is 0.0476. The first-order valence-electron chi connectivity index (χ1n) is 31.8. The van der Waals surface area contributed by atoms with Gasteiger partial charge in [0.05, 0.1) is 56.2 Å². The number of rotatable bonds is 6. The second-order valence-electron chi connectivity index (χ2n) is 24.9. The third-order valence-corrected chi connectivity index (χ3v) is 19.9. The van der Waals surface area contributed by atoms with Crippen molar-refractivity contribution in [3.63, 3.8) is 0 Å². The summed E-state index contributed by atoms with van der Waals surface area (Å²) in [4.78, 5) is 40.9. The minimum atomic E-state index is -0.189. The summed E-state index contributed by atoms with van der Waals surface area (Å²) in [5, 5.41) is 4.22. The van der Waals surface area contributed by atoms with Crippen molar-refractivity contribution in [2.45, 2.75) is 24.7 Å². The van der Waals surface area contributed by atoms with Gasteiger partial charge in [0.2, 0.25) is 0 Å². The molecule has 16 bridgehead atoms. The molecule has 0 unspecified atom stereocenters. The number of aromatic nitrogens is 8. The van der Waals surface area contributed by atoms with E-state index in [1.165, 1.54) is 22.3 Å². The molecule has 0 amide bonds. The number of benzene rings is 9. The van der Waals surface area contributed by atoms with Crippen LogP contribution in [0.15, 0.2) is 243 Å².